The highest BCUT2D eigenvalue weighted by Crippen LogP contribution is 2.27. The van der Waals surface area contributed by atoms with Crippen LogP contribution in [0.15, 0.2) is 85.1 Å². The van der Waals surface area contributed by atoms with Gasteiger partial charge in [-0.05, 0) is 60.7 Å². The topological polar surface area (TPSA) is 99.2 Å². The molecule has 34 heavy (non-hydrogen) atoms. The van der Waals surface area contributed by atoms with E-state index in [9.17, 15) is 14.0 Å². The van der Waals surface area contributed by atoms with Crippen LogP contribution in [0, 0.1) is 5.82 Å². The van der Waals surface area contributed by atoms with Crippen LogP contribution in [0.25, 0.3) is 23.0 Å². The SMILES string of the molecule is COc1ccc(C(N)=O)cc1NC(=O)/C=C/c1cn(-c2ccccc2)nc1-c1ccc(F)cc1. The van der Waals surface area contributed by atoms with Crippen molar-refractivity contribution >= 4 is 23.6 Å². The normalized spacial score (nSPS) is 10.9. The summed E-state index contributed by atoms with van der Waals surface area (Å²) in [4.78, 5) is 24.1. The highest BCUT2D eigenvalue weighted by atomic mass is 19.1. The van der Waals surface area contributed by atoms with Gasteiger partial charge in [0.1, 0.15) is 11.6 Å². The number of para-hydroxylation sites is 1. The number of ether oxygens (including phenoxy) is 1. The summed E-state index contributed by atoms with van der Waals surface area (Å²) in [6.45, 7) is 0. The van der Waals surface area contributed by atoms with E-state index < -0.39 is 11.8 Å². The summed E-state index contributed by atoms with van der Waals surface area (Å²) in [5.41, 5.74) is 8.66. The molecule has 0 aliphatic carbocycles. The summed E-state index contributed by atoms with van der Waals surface area (Å²) < 4.78 is 20.4. The molecule has 0 fully saturated rings. The molecule has 4 aromatic rings. The van der Waals surface area contributed by atoms with Gasteiger partial charge in [-0.1, -0.05) is 18.2 Å². The third-order valence-corrected chi connectivity index (χ3v) is 5.04. The van der Waals surface area contributed by atoms with Crippen molar-refractivity contribution in [2.24, 2.45) is 5.73 Å². The maximum atomic E-state index is 13.4. The van der Waals surface area contributed by atoms with Crippen LogP contribution in [-0.2, 0) is 4.79 Å². The molecule has 4 rings (SSSR count). The van der Waals surface area contributed by atoms with Crippen LogP contribution < -0.4 is 15.8 Å². The zero-order valence-corrected chi connectivity index (χ0v) is 18.2. The second-order valence-electron chi connectivity index (χ2n) is 7.32. The molecule has 170 valence electrons. The van der Waals surface area contributed by atoms with Crippen LogP contribution in [0.2, 0.25) is 0 Å². The molecule has 0 saturated carbocycles. The number of carbonyl (C=O) groups excluding carboxylic acids is 2. The second kappa shape index (κ2) is 9.83. The van der Waals surface area contributed by atoms with Crippen molar-refractivity contribution in [2.45, 2.75) is 0 Å². The summed E-state index contributed by atoms with van der Waals surface area (Å²) in [6, 6.07) is 20.0. The monoisotopic (exact) mass is 456 g/mol. The lowest BCUT2D eigenvalue weighted by Crippen LogP contribution is -2.13. The number of anilines is 1. The molecule has 1 aromatic heterocycles. The van der Waals surface area contributed by atoms with Crippen LogP contribution in [-0.4, -0.2) is 28.7 Å². The number of nitrogens with zero attached hydrogens (tertiary/aromatic N) is 2. The molecule has 0 saturated heterocycles. The molecule has 3 aromatic carbocycles. The maximum Gasteiger partial charge on any atom is 0.248 e. The fraction of sp³-hybridized carbons (Fsp3) is 0.0385. The highest BCUT2D eigenvalue weighted by molar-refractivity contribution is 6.04. The first-order chi connectivity index (χ1) is 16.4. The lowest BCUT2D eigenvalue weighted by molar-refractivity contribution is -0.111. The molecule has 0 bridgehead atoms. The van der Waals surface area contributed by atoms with Gasteiger partial charge in [0.05, 0.1) is 24.2 Å². The Morgan fingerprint density at radius 1 is 1.06 bits per heavy atom. The van der Waals surface area contributed by atoms with Crippen LogP contribution in [0.5, 0.6) is 5.75 Å². The van der Waals surface area contributed by atoms with Crippen molar-refractivity contribution in [2.75, 3.05) is 12.4 Å². The highest BCUT2D eigenvalue weighted by Gasteiger charge is 2.13. The first kappa shape index (κ1) is 22.5. The van der Waals surface area contributed by atoms with Gasteiger partial charge in [0.2, 0.25) is 11.8 Å². The molecule has 2 amide bonds. The summed E-state index contributed by atoms with van der Waals surface area (Å²) in [5, 5.41) is 7.34. The molecule has 8 heteroatoms. The molecular formula is C26H21FN4O3. The number of amides is 2. The van der Waals surface area contributed by atoms with Gasteiger partial charge in [-0.2, -0.15) is 5.10 Å². The van der Waals surface area contributed by atoms with Gasteiger partial charge < -0.3 is 15.8 Å². The predicted octanol–water partition coefficient (Wildman–Crippen LogP) is 4.44. The van der Waals surface area contributed by atoms with Gasteiger partial charge in [0.15, 0.2) is 0 Å². The fourth-order valence-corrected chi connectivity index (χ4v) is 3.35. The second-order valence-corrected chi connectivity index (χ2v) is 7.32. The van der Waals surface area contributed by atoms with Gasteiger partial charge >= 0.3 is 0 Å². The largest absolute Gasteiger partial charge is 0.495 e. The van der Waals surface area contributed by atoms with E-state index in [0.29, 0.717) is 28.3 Å². The van der Waals surface area contributed by atoms with Crippen LogP contribution >= 0.6 is 0 Å². The number of methoxy groups -OCH3 is 1. The molecule has 0 spiro atoms. The molecule has 3 N–H and O–H groups in total. The Balaban J connectivity index is 1.65. The van der Waals surface area contributed by atoms with Crippen molar-refractivity contribution in [1.29, 1.82) is 0 Å². The smallest absolute Gasteiger partial charge is 0.248 e. The van der Waals surface area contributed by atoms with Gasteiger partial charge in [0, 0.05) is 29.0 Å². The van der Waals surface area contributed by atoms with Crippen molar-refractivity contribution in [3.8, 4) is 22.7 Å². The fourth-order valence-electron chi connectivity index (χ4n) is 3.35. The number of benzene rings is 3. The zero-order chi connectivity index (χ0) is 24.1. The Kier molecular flexibility index (Phi) is 6.49. The Hall–Kier alpha value is -4.72. The van der Waals surface area contributed by atoms with Crippen molar-refractivity contribution < 1.29 is 18.7 Å². The van der Waals surface area contributed by atoms with E-state index >= 15 is 0 Å². The van der Waals surface area contributed by atoms with E-state index in [1.54, 1.807) is 35.2 Å². The molecule has 0 radical (unpaired) electrons. The Bertz CT molecular complexity index is 1360. The Labute approximate surface area is 195 Å². The van der Waals surface area contributed by atoms with Crippen molar-refractivity contribution in [3.63, 3.8) is 0 Å². The van der Waals surface area contributed by atoms with Crippen molar-refractivity contribution in [3.05, 3.63) is 102 Å². The number of aromatic nitrogens is 2. The molecule has 0 aliphatic heterocycles. The minimum Gasteiger partial charge on any atom is -0.495 e. The summed E-state index contributed by atoms with van der Waals surface area (Å²) in [5.74, 6) is -1.03. The third kappa shape index (κ3) is 5.02. The summed E-state index contributed by atoms with van der Waals surface area (Å²) in [7, 11) is 1.46. The van der Waals surface area contributed by atoms with E-state index in [1.165, 1.54) is 37.5 Å². The number of hydrogen-bond donors (Lipinski definition) is 2. The third-order valence-electron chi connectivity index (χ3n) is 5.04. The number of carbonyl (C=O) groups is 2. The number of halogens is 1. The number of primary amides is 1. The van der Waals surface area contributed by atoms with Crippen molar-refractivity contribution in [1.82, 2.24) is 9.78 Å². The average Bonchev–Trinajstić information content (AvgIpc) is 3.28. The molecule has 0 aliphatic rings. The van der Waals surface area contributed by atoms with Crippen LogP contribution in [0.1, 0.15) is 15.9 Å². The molecular weight excluding hydrogens is 435 g/mol. The molecule has 0 unspecified atom stereocenters. The lowest BCUT2D eigenvalue weighted by Gasteiger charge is -2.10. The first-order valence-corrected chi connectivity index (χ1v) is 10.3. The summed E-state index contributed by atoms with van der Waals surface area (Å²) >= 11 is 0. The summed E-state index contributed by atoms with van der Waals surface area (Å²) in [6.07, 6.45) is 4.74. The quantitative estimate of drug-likeness (QED) is 0.402. The van der Waals surface area contributed by atoms with E-state index in [4.69, 9.17) is 10.5 Å². The number of nitrogens with one attached hydrogen (secondary N) is 1. The van der Waals surface area contributed by atoms with Gasteiger partial charge in [-0.3, -0.25) is 9.59 Å². The average molecular weight is 456 g/mol. The molecule has 1 heterocycles. The van der Waals surface area contributed by atoms with E-state index in [1.807, 2.05) is 30.3 Å². The van der Waals surface area contributed by atoms with Gasteiger partial charge in [0.25, 0.3) is 0 Å². The van der Waals surface area contributed by atoms with Gasteiger partial charge in [-0.25, -0.2) is 9.07 Å². The standard InChI is InChI=1S/C26H21FN4O3/c1-34-23-13-9-18(26(28)33)15-22(23)29-24(32)14-10-19-16-31(21-5-3-2-4-6-21)30-25(19)17-7-11-20(27)12-8-17/h2-16H,1H3,(H2,28,33)(H,29,32)/b14-10+. The van der Waals surface area contributed by atoms with Crippen LogP contribution in [0.4, 0.5) is 10.1 Å². The first-order valence-electron chi connectivity index (χ1n) is 10.3. The molecule has 0 atom stereocenters. The van der Waals surface area contributed by atoms with Gasteiger partial charge in [-0.15, -0.1) is 0 Å². The predicted molar refractivity (Wildman–Crippen MR) is 128 cm³/mol. The molecule has 7 nitrogen and oxygen atoms in total. The Morgan fingerprint density at radius 3 is 2.47 bits per heavy atom. The Morgan fingerprint density at radius 2 is 1.79 bits per heavy atom. The van der Waals surface area contributed by atoms with E-state index in [-0.39, 0.29) is 11.4 Å². The lowest BCUT2D eigenvalue weighted by atomic mass is 10.1. The number of nitrogens with two attached hydrogens (primary N) is 1. The minimum absolute atomic E-state index is 0.239. The van der Waals surface area contributed by atoms with E-state index in [0.717, 1.165) is 5.69 Å². The maximum absolute atomic E-state index is 13.4. The zero-order valence-electron chi connectivity index (χ0n) is 18.2. The number of hydrogen-bond acceptors (Lipinski definition) is 4. The van der Waals surface area contributed by atoms with E-state index in [2.05, 4.69) is 10.4 Å². The van der Waals surface area contributed by atoms with Crippen LogP contribution in [0.3, 0.4) is 0 Å². The minimum atomic E-state index is -0.619. The number of rotatable bonds is 7.